The van der Waals surface area contributed by atoms with Crippen molar-refractivity contribution in [1.82, 2.24) is 14.6 Å². The van der Waals surface area contributed by atoms with Crippen molar-refractivity contribution in [1.29, 1.82) is 0 Å². The molecule has 0 saturated heterocycles. The molecule has 5 heteroatoms. The highest BCUT2D eigenvalue weighted by Crippen LogP contribution is 2.24. The number of para-hydroxylation sites is 1. The smallest absolute Gasteiger partial charge is 0.154 e. The Morgan fingerprint density at radius 3 is 2.46 bits per heavy atom. The van der Waals surface area contributed by atoms with Gasteiger partial charge in [0, 0.05) is 11.3 Å². The lowest BCUT2D eigenvalue weighted by Crippen LogP contribution is -2.00. The first-order chi connectivity index (χ1) is 11.8. The van der Waals surface area contributed by atoms with Crippen LogP contribution in [0.4, 0.5) is 11.5 Å². The zero-order valence-electron chi connectivity index (χ0n) is 13.2. The van der Waals surface area contributed by atoms with E-state index in [0.29, 0.717) is 0 Å². The SMILES string of the molecule is COc1ccc(-c2cnc3ccc(Nc4ccccc4)nn23)cc1. The minimum absolute atomic E-state index is 0.765. The Bertz CT molecular complexity index is 962. The van der Waals surface area contributed by atoms with Gasteiger partial charge in [-0.25, -0.2) is 9.50 Å². The van der Waals surface area contributed by atoms with Crippen LogP contribution in [-0.2, 0) is 0 Å². The van der Waals surface area contributed by atoms with Crippen molar-refractivity contribution in [2.75, 3.05) is 12.4 Å². The van der Waals surface area contributed by atoms with Gasteiger partial charge in [0.25, 0.3) is 0 Å². The van der Waals surface area contributed by atoms with Crippen LogP contribution in [0.25, 0.3) is 16.9 Å². The molecule has 0 saturated carbocycles. The molecule has 0 atom stereocenters. The van der Waals surface area contributed by atoms with Gasteiger partial charge < -0.3 is 10.1 Å². The molecule has 0 unspecified atom stereocenters. The van der Waals surface area contributed by atoms with Crippen molar-refractivity contribution in [3.05, 3.63) is 72.9 Å². The average Bonchev–Trinajstić information content (AvgIpc) is 3.06. The second kappa shape index (κ2) is 6.04. The van der Waals surface area contributed by atoms with Crippen molar-refractivity contribution in [2.45, 2.75) is 0 Å². The Balaban J connectivity index is 1.72. The lowest BCUT2D eigenvalue weighted by atomic mass is 10.1. The normalized spacial score (nSPS) is 10.7. The van der Waals surface area contributed by atoms with E-state index in [1.54, 1.807) is 7.11 Å². The molecule has 0 radical (unpaired) electrons. The Morgan fingerprint density at radius 1 is 0.917 bits per heavy atom. The van der Waals surface area contributed by atoms with Crippen LogP contribution in [0.3, 0.4) is 0 Å². The lowest BCUT2D eigenvalue weighted by molar-refractivity contribution is 0.415. The van der Waals surface area contributed by atoms with Gasteiger partial charge in [-0.3, -0.25) is 0 Å². The molecule has 0 bridgehead atoms. The first-order valence-corrected chi connectivity index (χ1v) is 7.65. The summed E-state index contributed by atoms with van der Waals surface area (Å²) in [7, 11) is 1.66. The van der Waals surface area contributed by atoms with E-state index in [4.69, 9.17) is 4.74 Å². The topological polar surface area (TPSA) is 51.5 Å². The maximum Gasteiger partial charge on any atom is 0.154 e. The molecule has 0 spiro atoms. The largest absolute Gasteiger partial charge is 0.497 e. The number of hydrogen-bond acceptors (Lipinski definition) is 4. The van der Waals surface area contributed by atoms with Crippen molar-refractivity contribution in [3.63, 3.8) is 0 Å². The van der Waals surface area contributed by atoms with E-state index in [1.807, 2.05) is 77.4 Å². The van der Waals surface area contributed by atoms with Crippen LogP contribution in [0.2, 0.25) is 0 Å². The van der Waals surface area contributed by atoms with Gasteiger partial charge in [-0.05, 0) is 48.5 Å². The highest BCUT2D eigenvalue weighted by Gasteiger charge is 2.08. The summed E-state index contributed by atoms with van der Waals surface area (Å²) in [6.45, 7) is 0. The number of nitrogens with one attached hydrogen (secondary N) is 1. The van der Waals surface area contributed by atoms with Crippen LogP contribution in [0.1, 0.15) is 0 Å². The molecule has 2 aromatic heterocycles. The van der Waals surface area contributed by atoms with Crippen LogP contribution in [0, 0.1) is 0 Å². The summed E-state index contributed by atoms with van der Waals surface area (Å²) in [5.74, 6) is 1.59. The zero-order chi connectivity index (χ0) is 16.4. The monoisotopic (exact) mass is 316 g/mol. The van der Waals surface area contributed by atoms with Crippen LogP contribution in [-0.4, -0.2) is 21.7 Å². The van der Waals surface area contributed by atoms with Crippen LogP contribution >= 0.6 is 0 Å². The van der Waals surface area contributed by atoms with E-state index in [-0.39, 0.29) is 0 Å². The maximum absolute atomic E-state index is 5.21. The fourth-order valence-electron chi connectivity index (χ4n) is 2.57. The Kier molecular flexibility index (Phi) is 3.59. The average molecular weight is 316 g/mol. The molecule has 0 fully saturated rings. The van der Waals surface area contributed by atoms with Gasteiger partial charge in [0.2, 0.25) is 0 Å². The molecule has 1 N–H and O–H groups in total. The number of benzene rings is 2. The van der Waals surface area contributed by atoms with Gasteiger partial charge in [-0.15, -0.1) is 5.10 Å². The molecular weight excluding hydrogens is 300 g/mol. The molecular formula is C19H16N4O. The summed E-state index contributed by atoms with van der Waals surface area (Å²) in [5, 5.41) is 7.96. The standard InChI is InChI=1S/C19H16N4O/c1-24-16-9-7-14(8-10-16)17-13-20-19-12-11-18(22-23(17)19)21-15-5-3-2-4-6-15/h2-13H,1H3,(H,21,22). The lowest BCUT2D eigenvalue weighted by Gasteiger charge is -2.07. The van der Waals surface area contributed by atoms with Crippen LogP contribution in [0.5, 0.6) is 5.75 Å². The first-order valence-electron chi connectivity index (χ1n) is 7.65. The summed E-state index contributed by atoms with van der Waals surface area (Å²) in [4.78, 5) is 4.43. The van der Waals surface area contributed by atoms with Gasteiger partial charge in [0.1, 0.15) is 5.75 Å². The number of rotatable bonds is 4. The fraction of sp³-hybridized carbons (Fsp3) is 0.0526. The highest BCUT2D eigenvalue weighted by atomic mass is 16.5. The molecule has 0 aliphatic heterocycles. The van der Waals surface area contributed by atoms with E-state index >= 15 is 0 Å². The molecule has 2 aromatic carbocycles. The fourth-order valence-corrected chi connectivity index (χ4v) is 2.57. The zero-order valence-corrected chi connectivity index (χ0v) is 13.2. The van der Waals surface area contributed by atoms with E-state index in [9.17, 15) is 0 Å². The third-order valence-corrected chi connectivity index (χ3v) is 3.79. The number of ether oxygens (including phenoxy) is 1. The second-order valence-corrected chi connectivity index (χ2v) is 5.35. The molecule has 118 valence electrons. The second-order valence-electron chi connectivity index (χ2n) is 5.35. The minimum atomic E-state index is 0.765. The number of hydrogen-bond donors (Lipinski definition) is 1. The Hall–Kier alpha value is -3.34. The van der Waals surface area contributed by atoms with Gasteiger partial charge in [0.15, 0.2) is 11.5 Å². The van der Waals surface area contributed by atoms with Gasteiger partial charge in [-0.1, -0.05) is 18.2 Å². The summed E-state index contributed by atoms with van der Waals surface area (Å²) in [5.41, 5.74) is 3.77. The minimum Gasteiger partial charge on any atom is -0.497 e. The Labute approximate surface area is 139 Å². The number of fused-ring (bicyclic) bond motifs is 1. The number of aromatic nitrogens is 3. The summed E-state index contributed by atoms with van der Waals surface area (Å²) in [6, 6.07) is 21.7. The van der Waals surface area contributed by atoms with Crippen molar-refractivity contribution in [3.8, 4) is 17.0 Å². The van der Waals surface area contributed by atoms with Crippen LogP contribution < -0.4 is 10.1 Å². The maximum atomic E-state index is 5.21. The van der Waals surface area contributed by atoms with Crippen molar-refractivity contribution in [2.24, 2.45) is 0 Å². The molecule has 2 heterocycles. The number of imidazole rings is 1. The number of anilines is 2. The van der Waals surface area contributed by atoms with E-state index in [0.717, 1.165) is 34.2 Å². The molecule has 0 aliphatic carbocycles. The number of nitrogens with zero attached hydrogens (tertiary/aromatic N) is 3. The first kappa shape index (κ1) is 14.3. The third kappa shape index (κ3) is 2.67. The predicted octanol–water partition coefficient (Wildman–Crippen LogP) is 4.15. The van der Waals surface area contributed by atoms with Gasteiger partial charge in [0.05, 0.1) is 19.0 Å². The number of methoxy groups -OCH3 is 1. The highest BCUT2D eigenvalue weighted by molar-refractivity contribution is 5.65. The molecule has 4 rings (SSSR count). The van der Waals surface area contributed by atoms with Gasteiger partial charge in [-0.2, -0.15) is 0 Å². The van der Waals surface area contributed by atoms with E-state index in [2.05, 4.69) is 15.4 Å². The van der Waals surface area contributed by atoms with Crippen molar-refractivity contribution >= 4 is 17.2 Å². The Morgan fingerprint density at radius 2 is 1.71 bits per heavy atom. The quantitative estimate of drug-likeness (QED) is 0.614. The summed E-state index contributed by atoms with van der Waals surface area (Å²) >= 11 is 0. The van der Waals surface area contributed by atoms with Crippen LogP contribution in [0.15, 0.2) is 72.9 Å². The predicted molar refractivity (Wildman–Crippen MR) is 94.7 cm³/mol. The van der Waals surface area contributed by atoms with E-state index in [1.165, 1.54) is 0 Å². The molecule has 0 amide bonds. The summed E-state index contributed by atoms with van der Waals surface area (Å²) < 4.78 is 7.05. The third-order valence-electron chi connectivity index (χ3n) is 3.79. The molecule has 0 aliphatic rings. The molecule has 4 aromatic rings. The summed E-state index contributed by atoms with van der Waals surface area (Å²) in [6.07, 6.45) is 1.83. The van der Waals surface area contributed by atoms with E-state index < -0.39 is 0 Å². The molecule has 24 heavy (non-hydrogen) atoms. The molecule has 5 nitrogen and oxygen atoms in total. The van der Waals surface area contributed by atoms with Gasteiger partial charge >= 0.3 is 0 Å². The van der Waals surface area contributed by atoms with Crippen molar-refractivity contribution < 1.29 is 4.74 Å².